The molecule has 0 aromatic rings. The summed E-state index contributed by atoms with van der Waals surface area (Å²) >= 11 is 2.25. The van der Waals surface area contributed by atoms with E-state index in [1.54, 1.807) is 0 Å². The van der Waals surface area contributed by atoms with E-state index in [4.69, 9.17) is 14.6 Å². The minimum atomic E-state index is -0.103. The number of hydrogen-bond acceptors (Lipinski definition) is 3. The van der Waals surface area contributed by atoms with Crippen LogP contribution in [0.2, 0.25) is 0 Å². The van der Waals surface area contributed by atoms with Crippen LogP contribution in [0, 0.1) is 0 Å². The van der Waals surface area contributed by atoms with E-state index in [0.29, 0.717) is 13.2 Å². The molecule has 0 aromatic heterocycles. The number of aliphatic hydroxyl groups excluding tert-OH is 1. The highest BCUT2D eigenvalue weighted by Gasteiger charge is 2.20. The Morgan fingerprint density at radius 3 is 2.70 bits per heavy atom. The molecule has 1 rings (SSSR count). The van der Waals surface area contributed by atoms with Gasteiger partial charge in [-0.1, -0.05) is 22.6 Å². The van der Waals surface area contributed by atoms with Crippen LogP contribution in [0.25, 0.3) is 0 Å². The van der Waals surface area contributed by atoms with Gasteiger partial charge in [-0.2, -0.15) is 0 Å². The molecule has 0 bridgehead atoms. The maximum absolute atomic E-state index is 8.70. The van der Waals surface area contributed by atoms with Crippen molar-refractivity contribution in [2.45, 2.75) is 12.2 Å². The van der Waals surface area contributed by atoms with E-state index in [0.717, 1.165) is 4.43 Å². The quantitative estimate of drug-likeness (QED) is 0.568. The number of alkyl halides is 1. The van der Waals surface area contributed by atoms with Crippen molar-refractivity contribution in [2.75, 3.05) is 24.2 Å². The first kappa shape index (κ1) is 8.70. The van der Waals surface area contributed by atoms with Gasteiger partial charge < -0.3 is 14.6 Å². The van der Waals surface area contributed by atoms with Crippen molar-refractivity contribution in [3.8, 4) is 0 Å². The van der Waals surface area contributed by atoms with Crippen molar-refractivity contribution in [1.29, 1.82) is 0 Å². The summed E-state index contributed by atoms with van der Waals surface area (Å²) in [5.74, 6) is 0. The Bertz CT molecular complexity index is 89.0. The summed E-state index contributed by atoms with van der Waals surface area (Å²) in [4.78, 5) is 0. The van der Waals surface area contributed by atoms with Gasteiger partial charge in [0.15, 0.2) is 0 Å². The highest BCUT2D eigenvalue weighted by Crippen LogP contribution is 2.09. The number of rotatable bonds is 2. The predicted molar refractivity (Wildman–Crippen MR) is 45.5 cm³/mol. The van der Waals surface area contributed by atoms with Crippen LogP contribution in [0.15, 0.2) is 0 Å². The number of ether oxygens (including phenoxy) is 2. The SMILES string of the molecule is OC[C@@H]1COC[C@H](CI)O1. The number of aliphatic hydroxyl groups is 1. The zero-order valence-electron chi connectivity index (χ0n) is 5.62. The van der Waals surface area contributed by atoms with Gasteiger partial charge in [0.05, 0.1) is 25.9 Å². The standard InChI is InChI=1S/C6H11IO3/c7-1-5-3-9-4-6(2-8)10-5/h5-6,8H,1-4H2/t5-,6+/m0/s1. The third-order valence-corrected chi connectivity index (χ3v) is 2.35. The summed E-state index contributed by atoms with van der Waals surface area (Å²) in [6.45, 7) is 1.26. The fraction of sp³-hybridized carbons (Fsp3) is 1.00. The molecule has 1 N–H and O–H groups in total. The second kappa shape index (κ2) is 4.48. The van der Waals surface area contributed by atoms with Crippen molar-refractivity contribution in [3.05, 3.63) is 0 Å². The molecule has 0 radical (unpaired) electrons. The van der Waals surface area contributed by atoms with Gasteiger partial charge in [0.1, 0.15) is 6.10 Å². The molecule has 1 aliphatic heterocycles. The molecule has 4 heteroatoms. The van der Waals surface area contributed by atoms with Crippen molar-refractivity contribution in [3.63, 3.8) is 0 Å². The van der Waals surface area contributed by atoms with E-state index in [-0.39, 0.29) is 18.8 Å². The lowest BCUT2D eigenvalue weighted by atomic mass is 10.3. The molecule has 0 spiro atoms. The summed E-state index contributed by atoms with van der Waals surface area (Å²) in [5.41, 5.74) is 0. The van der Waals surface area contributed by atoms with E-state index in [2.05, 4.69) is 22.6 Å². The van der Waals surface area contributed by atoms with Crippen LogP contribution in [0.4, 0.5) is 0 Å². The lowest BCUT2D eigenvalue weighted by Gasteiger charge is -2.27. The Labute approximate surface area is 73.8 Å². The zero-order chi connectivity index (χ0) is 7.40. The summed E-state index contributed by atoms with van der Waals surface area (Å²) in [5, 5.41) is 8.70. The van der Waals surface area contributed by atoms with Crippen molar-refractivity contribution >= 4 is 22.6 Å². The van der Waals surface area contributed by atoms with Gasteiger partial charge in [-0.05, 0) is 0 Å². The average Bonchev–Trinajstić information content (AvgIpc) is 2.05. The van der Waals surface area contributed by atoms with Crippen molar-refractivity contribution in [2.24, 2.45) is 0 Å². The largest absolute Gasteiger partial charge is 0.394 e. The first-order valence-corrected chi connectivity index (χ1v) is 4.79. The highest BCUT2D eigenvalue weighted by atomic mass is 127. The maximum Gasteiger partial charge on any atom is 0.104 e. The zero-order valence-corrected chi connectivity index (χ0v) is 7.78. The van der Waals surface area contributed by atoms with Gasteiger partial charge in [0.2, 0.25) is 0 Å². The van der Waals surface area contributed by atoms with Crippen molar-refractivity contribution in [1.82, 2.24) is 0 Å². The second-order valence-electron chi connectivity index (χ2n) is 2.25. The second-order valence-corrected chi connectivity index (χ2v) is 3.14. The Balaban J connectivity index is 2.25. The molecule has 0 aliphatic carbocycles. The Morgan fingerprint density at radius 1 is 1.40 bits per heavy atom. The van der Waals surface area contributed by atoms with Crippen LogP contribution >= 0.6 is 22.6 Å². The van der Waals surface area contributed by atoms with Crippen LogP contribution in [0.5, 0.6) is 0 Å². The summed E-state index contributed by atoms with van der Waals surface area (Å²) in [6, 6.07) is 0. The summed E-state index contributed by atoms with van der Waals surface area (Å²) in [6.07, 6.45) is 0.0695. The van der Waals surface area contributed by atoms with Crippen LogP contribution in [-0.4, -0.2) is 41.6 Å². The minimum absolute atomic E-state index is 0.0626. The van der Waals surface area contributed by atoms with E-state index < -0.39 is 0 Å². The lowest BCUT2D eigenvalue weighted by Crippen LogP contribution is -2.38. The van der Waals surface area contributed by atoms with E-state index in [1.807, 2.05) is 0 Å². The molecule has 10 heavy (non-hydrogen) atoms. The smallest absolute Gasteiger partial charge is 0.104 e. The molecule has 0 aromatic carbocycles. The molecule has 0 saturated carbocycles. The maximum atomic E-state index is 8.70. The molecular formula is C6H11IO3. The summed E-state index contributed by atoms with van der Waals surface area (Å²) < 4.78 is 11.5. The molecule has 1 saturated heterocycles. The van der Waals surface area contributed by atoms with E-state index in [1.165, 1.54) is 0 Å². The van der Waals surface area contributed by atoms with Gasteiger partial charge in [0.25, 0.3) is 0 Å². The third-order valence-electron chi connectivity index (χ3n) is 1.37. The first-order chi connectivity index (χ1) is 4.86. The van der Waals surface area contributed by atoms with Crippen LogP contribution in [0.1, 0.15) is 0 Å². The third kappa shape index (κ3) is 2.34. The molecule has 0 unspecified atom stereocenters. The Morgan fingerprint density at radius 2 is 2.10 bits per heavy atom. The molecule has 1 fully saturated rings. The van der Waals surface area contributed by atoms with E-state index >= 15 is 0 Å². The normalized spacial score (nSPS) is 34.2. The highest BCUT2D eigenvalue weighted by molar-refractivity contribution is 14.1. The predicted octanol–water partition coefficient (Wildman–Crippen LogP) is 0.198. The van der Waals surface area contributed by atoms with Crippen LogP contribution < -0.4 is 0 Å². The monoisotopic (exact) mass is 258 g/mol. The van der Waals surface area contributed by atoms with Gasteiger partial charge >= 0.3 is 0 Å². The summed E-state index contributed by atoms with van der Waals surface area (Å²) in [7, 11) is 0. The van der Waals surface area contributed by atoms with Gasteiger partial charge in [-0.15, -0.1) is 0 Å². The molecule has 3 nitrogen and oxygen atoms in total. The first-order valence-electron chi connectivity index (χ1n) is 3.27. The lowest BCUT2D eigenvalue weighted by molar-refractivity contribution is -0.140. The van der Waals surface area contributed by atoms with Crippen LogP contribution in [-0.2, 0) is 9.47 Å². The molecule has 0 amide bonds. The average molecular weight is 258 g/mol. The van der Waals surface area contributed by atoms with Gasteiger partial charge in [0, 0.05) is 4.43 Å². The number of halogens is 1. The number of hydrogen-bond donors (Lipinski definition) is 1. The topological polar surface area (TPSA) is 38.7 Å². The van der Waals surface area contributed by atoms with E-state index in [9.17, 15) is 0 Å². The Hall–Kier alpha value is 0.610. The van der Waals surface area contributed by atoms with Crippen molar-refractivity contribution < 1.29 is 14.6 Å². The molecule has 60 valence electrons. The molecule has 1 heterocycles. The molecule has 1 aliphatic rings. The fourth-order valence-corrected chi connectivity index (χ4v) is 1.32. The minimum Gasteiger partial charge on any atom is -0.394 e. The molecule has 2 atom stereocenters. The van der Waals surface area contributed by atoms with Crippen LogP contribution in [0.3, 0.4) is 0 Å². The fourth-order valence-electron chi connectivity index (χ4n) is 0.858. The van der Waals surface area contributed by atoms with Gasteiger partial charge in [-0.3, -0.25) is 0 Å². The molecular weight excluding hydrogens is 247 g/mol. The van der Waals surface area contributed by atoms with Gasteiger partial charge in [-0.25, -0.2) is 0 Å². The Kier molecular flexibility index (Phi) is 3.90.